The highest BCUT2D eigenvalue weighted by Gasteiger charge is 2.33. The van der Waals surface area contributed by atoms with Crippen LogP contribution in [0.25, 0.3) is 0 Å². The van der Waals surface area contributed by atoms with Gasteiger partial charge in [0.25, 0.3) is 0 Å². The van der Waals surface area contributed by atoms with Crippen LogP contribution < -0.4 is 9.62 Å². The van der Waals surface area contributed by atoms with E-state index in [1.807, 2.05) is 0 Å². The average Bonchev–Trinajstić information content (AvgIpc) is 3.31. The van der Waals surface area contributed by atoms with Crippen LogP contribution >= 0.6 is 23.2 Å². The molecule has 1 N–H and O–H groups in total. The molecule has 11 heteroatoms. The van der Waals surface area contributed by atoms with Gasteiger partial charge in [0.15, 0.2) is 0 Å². The third-order valence-corrected chi connectivity index (χ3v) is 7.96. The summed E-state index contributed by atoms with van der Waals surface area (Å²) in [5.74, 6) is -1.77. The average molecular weight is 559 g/mol. The maximum atomic E-state index is 14.5. The molecule has 1 aliphatic carbocycles. The van der Waals surface area contributed by atoms with Crippen LogP contribution in [0.5, 0.6) is 0 Å². The highest BCUT2D eigenvalue weighted by Crippen LogP contribution is 2.26. The van der Waals surface area contributed by atoms with Crippen molar-refractivity contribution in [1.82, 2.24) is 10.2 Å². The Balaban J connectivity index is 1.96. The number of nitrogens with zero attached hydrogens (tertiary/aromatic N) is 2. The van der Waals surface area contributed by atoms with Gasteiger partial charge in [-0.15, -0.1) is 0 Å². The lowest BCUT2D eigenvalue weighted by molar-refractivity contribution is -0.140. The predicted octanol–water partition coefficient (Wildman–Crippen LogP) is 4.76. The Bertz CT molecular complexity index is 1210. The molecule has 3 rings (SSSR count). The fourth-order valence-corrected chi connectivity index (χ4v) is 5.69. The summed E-state index contributed by atoms with van der Waals surface area (Å²) < 4.78 is 40.4. The summed E-state index contributed by atoms with van der Waals surface area (Å²) in [4.78, 5) is 28.2. The molecule has 196 valence electrons. The van der Waals surface area contributed by atoms with E-state index in [-0.39, 0.29) is 30.6 Å². The molecular formula is C25H30Cl2FN3O4S. The van der Waals surface area contributed by atoms with Gasteiger partial charge in [-0.3, -0.25) is 13.9 Å². The lowest BCUT2D eigenvalue weighted by Crippen LogP contribution is -2.53. The SMILES string of the molecule is CC[C@H](C(=O)NC1CCCC1)N(Cc1ccc(Cl)cc1Cl)C(=O)CN(c1ccccc1F)S(C)(=O)=O. The van der Waals surface area contributed by atoms with Gasteiger partial charge in [-0.1, -0.05) is 61.2 Å². The first-order valence-electron chi connectivity index (χ1n) is 11.8. The van der Waals surface area contributed by atoms with Crippen LogP contribution in [0.1, 0.15) is 44.6 Å². The lowest BCUT2D eigenvalue weighted by Gasteiger charge is -2.33. The van der Waals surface area contributed by atoms with Gasteiger partial charge < -0.3 is 10.2 Å². The van der Waals surface area contributed by atoms with Crippen molar-refractivity contribution in [3.05, 3.63) is 63.9 Å². The van der Waals surface area contributed by atoms with E-state index < -0.39 is 34.3 Å². The number of para-hydroxylation sites is 1. The van der Waals surface area contributed by atoms with Gasteiger partial charge in [-0.2, -0.15) is 0 Å². The second kappa shape index (κ2) is 12.3. The molecular weight excluding hydrogens is 528 g/mol. The molecule has 2 aromatic rings. The van der Waals surface area contributed by atoms with Gasteiger partial charge in [-0.05, 0) is 49.1 Å². The number of rotatable bonds is 10. The molecule has 0 heterocycles. The highest BCUT2D eigenvalue weighted by molar-refractivity contribution is 7.92. The third kappa shape index (κ3) is 7.11. The van der Waals surface area contributed by atoms with E-state index in [1.54, 1.807) is 19.1 Å². The molecule has 0 aliphatic heterocycles. The maximum Gasteiger partial charge on any atom is 0.244 e. The number of halogens is 3. The van der Waals surface area contributed by atoms with Crippen molar-refractivity contribution in [3.63, 3.8) is 0 Å². The Labute approximate surface area is 221 Å². The van der Waals surface area contributed by atoms with Crippen LogP contribution in [0.15, 0.2) is 42.5 Å². The van der Waals surface area contributed by atoms with Crippen molar-refractivity contribution in [2.24, 2.45) is 0 Å². The van der Waals surface area contributed by atoms with Crippen molar-refractivity contribution in [2.45, 2.75) is 57.7 Å². The van der Waals surface area contributed by atoms with Gasteiger partial charge in [0.2, 0.25) is 21.8 Å². The van der Waals surface area contributed by atoms with Crippen LogP contribution in [0.4, 0.5) is 10.1 Å². The standard InChI is InChI=1S/C25H30Cl2FN3O4S/c1-3-22(25(33)29-19-8-4-5-9-19)30(15-17-12-13-18(26)14-20(17)27)24(32)16-31(36(2,34)35)23-11-7-6-10-21(23)28/h6-7,10-14,19,22H,3-5,8-9,15-16H2,1-2H3,(H,29,33)/t22-/m1/s1. The Morgan fingerprint density at radius 3 is 2.39 bits per heavy atom. The number of nitrogens with one attached hydrogen (secondary N) is 1. The zero-order valence-corrected chi connectivity index (χ0v) is 22.5. The maximum absolute atomic E-state index is 14.5. The molecule has 36 heavy (non-hydrogen) atoms. The molecule has 0 aromatic heterocycles. The summed E-state index contributed by atoms with van der Waals surface area (Å²) in [7, 11) is -4.03. The smallest absolute Gasteiger partial charge is 0.244 e. The summed E-state index contributed by atoms with van der Waals surface area (Å²) in [5.41, 5.74) is 0.291. The summed E-state index contributed by atoms with van der Waals surface area (Å²) in [6.45, 7) is 1.03. The molecule has 0 saturated heterocycles. The number of carbonyl (C=O) groups excluding carboxylic acids is 2. The number of hydrogen-bond donors (Lipinski definition) is 1. The van der Waals surface area contributed by atoms with E-state index in [0.717, 1.165) is 38.0 Å². The van der Waals surface area contributed by atoms with Crippen molar-refractivity contribution < 1.29 is 22.4 Å². The van der Waals surface area contributed by atoms with Crippen LogP contribution in [0.3, 0.4) is 0 Å². The van der Waals surface area contributed by atoms with Gasteiger partial charge in [0.1, 0.15) is 18.4 Å². The first kappa shape index (κ1) is 28.2. The summed E-state index contributed by atoms with van der Waals surface area (Å²) in [6.07, 6.45) is 4.97. The molecule has 1 atom stereocenters. The normalized spacial score (nSPS) is 14.9. The summed E-state index contributed by atoms with van der Waals surface area (Å²) in [5, 5.41) is 3.74. The molecule has 1 saturated carbocycles. The first-order chi connectivity index (χ1) is 17.0. The molecule has 0 spiro atoms. The van der Waals surface area contributed by atoms with E-state index in [1.165, 1.54) is 29.2 Å². The van der Waals surface area contributed by atoms with Gasteiger partial charge in [0.05, 0.1) is 11.9 Å². The van der Waals surface area contributed by atoms with Gasteiger partial charge in [0, 0.05) is 22.6 Å². The number of carbonyl (C=O) groups is 2. The number of hydrogen-bond acceptors (Lipinski definition) is 4. The van der Waals surface area contributed by atoms with Crippen molar-refractivity contribution in [2.75, 3.05) is 17.1 Å². The van der Waals surface area contributed by atoms with E-state index in [2.05, 4.69) is 5.32 Å². The Morgan fingerprint density at radius 2 is 1.81 bits per heavy atom. The lowest BCUT2D eigenvalue weighted by atomic mass is 10.1. The van der Waals surface area contributed by atoms with Crippen LogP contribution in [0.2, 0.25) is 10.0 Å². The monoisotopic (exact) mass is 557 g/mol. The Morgan fingerprint density at radius 1 is 1.14 bits per heavy atom. The molecule has 7 nitrogen and oxygen atoms in total. The van der Waals surface area contributed by atoms with Gasteiger partial charge >= 0.3 is 0 Å². The zero-order valence-electron chi connectivity index (χ0n) is 20.2. The second-order valence-corrected chi connectivity index (χ2v) is 11.6. The number of anilines is 1. The van der Waals surface area contributed by atoms with E-state index in [0.29, 0.717) is 19.9 Å². The zero-order chi connectivity index (χ0) is 26.5. The van der Waals surface area contributed by atoms with E-state index in [9.17, 15) is 22.4 Å². The van der Waals surface area contributed by atoms with E-state index >= 15 is 0 Å². The fourth-order valence-electron chi connectivity index (χ4n) is 4.37. The summed E-state index contributed by atoms with van der Waals surface area (Å²) in [6, 6.07) is 9.27. The Hall–Kier alpha value is -2.36. The molecule has 1 fully saturated rings. The third-order valence-electron chi connectivity index (χ3n) is 6.24. The highest BCUT2D eigenvalue weighted by atomic mass is 35.5. The molecule has 2 aromatic carbocycles. The molecule has 0 radical (unpaired) electrons. The quantitative estimate of drug-likeness (QED) is 0.456. The minimum absolute atomic E-state index is 0.0357. The van der Waals surface area contributed by atoms with E-state index in [4.69, 9.17) is 23.2 Å². The largest absolute Gasteiger partial charge is 0.352 e. The summed E-state index contributed by atoms with van der Waals surface area (Å²) >= 11 is 12.4. The number of benzene rings is 2. The Kier molecular flexibility index (Phi) is 9.60. The van der Waals surface area contributed by atoms with Gasteiger partial charge in [-0.25, -0.2) is 12.8 Å². The fraction of sp³-hybridized carbons (Fsp3) is 0.440. The van der Waals surface area contributed by atoms with Crippen LogP contribution in [-0.2, 0) is 26.2 Å². The van der Waals surface area contributed by atoms with Crippen molar-refractivity contribution in [3.8, 4) is 0 Å². The molecule has 1 aliphatic rings. The minimum atomic E-state index is -4.03. The number of amides is 2. The van der Waals surface area contributed by atoms with Crippen molar-refractivity contribution in [1.29, 1.82) is 0 Å². The topological polar surface area (TPSA) is 86.8 Å². The molecule has 0 bridgehead atoms. The second-order valence-electron chi connectivity index (χ2n) is 8.89. The predicted molar refractivity (Wildman–Crippen MR) is 140 cm³/mol. The number of sulfonamides is 1. The first-order valence-corrected chi connectivity index (χ1v) is 14.4. The van der Waals surface area contributed by atoms with Crippen LogP contribution in [-0.4, -0.2) is 50.0 Å². The molecule has 0 unspecified atom stereocenters. The van der Waals surface area contributed by atoms with Crippen LogP contribution in [0, 0.1) is 5.82 Å². The van der Waals surface area contributed by atoms with Crippen molar-refractivity contribution >= 4 is 50.7 Å². The molecule has 2 amide bonds. The minimum Gasteiger partial charge on any atom is -0.352 e.